The van der Waals surface area contributed by atoms with Crippen molar-refractivity contribution in [3.63, 3.8) is 0 Å². The summed E-state index contributed by atoms with van der Waals surface area (Å²) in [6.45, 7) is 1.24. The highest BCUT2D eigenvalue weighted by atomic mass is 16.5. The number of carbonyl (C=O) groups is 1. The number of aryl methyl sites for hydroxylation is 1. The summed E-state index contributed by atoms with van der Waals surface area (Å²) in [6, 6.07) is 28.2. The average molecular weight is 359 g/mol. The van der Waals surface area contributed by atoms with E-state index < -0.39 is 0 Å². The summed E-state index contributed by atoms with van der Waals surface area (Å²) in [4.78, 5) is 14.9. The van der Waals surface area contributed by atoms with Gasteiger partial charge in [0.05, 0.1) is 7.11 Å². The molecule has 1 amide bonds. The Morgan fingerprint density at radius 1 is 0.778 bits per heavy atom. The van der Waals surface area contributed by atoms with Gasteiger partial charge in [-0.15, -0.1) is 0 Å². The molecular weight excluding hydrogens is 334 g/mol. The number of amides is 1. The van der Waals surface area contributed by atoms with Crippen LogP contribution in [0.1, 0.15) is 23.1 Å². The number of rotatable bonds is 8. The van der Waals surface area contributed by atoms with E-state index in [2.05, 4.69) is 24.3 Å². The van der Waals surface area contributed by atoms with Gasteiger partial charge in [0.15, 0.2) is 0 Å². The maximum absolute atomic E-state index is 13.0. The lowest BCUT2D eigenvalue weighted by Gasteiger charge is -2.23. The van der Waals surface area contributed by atoms with Gasteiger partial charge in [0.2, 0.25) is 5.91 Å². The van der Waals surface area contributed by atoms with Gasteiger partial charge >= 0.3 is 0 Å². The molecule has 0 aliphatic heterocycles. The van der Waals surface area contributed by atoms with Gasteiger partial charge in [-0.3, -0.25) is 4.79 Å². The molecule has 0 aliphatic rings. The normalized spacial score (nSPS) is 10.4. The second-order valence-corrected chi connectivity index (χ2v) is 6.57. The first-order valence-electron chi connectivity index (χ1n) is 9.23. The van der Waals surface area contributed by atoms with Crippen LogP contribution in [0.5, 0.6) is 5.75 Å². The minimum Gasteiger partial charge on any atom is -0.497 e. The average Bonchev–Trinajstić information content (AvgIpc) is 2.73. The molecule has 0 fully saturated rings. The molecular formula is C24H25NO2. The van der Waals surface area contributed by atoms with Crippen LogP contribution >= 0.6 is 0 Å². The van der Waals surface area contributed by atoms with Crippen molar-refractivity contribution in [2.45, 2.75) is 25.9 Å². The van der Waals surface area contributed by atoms with Crippen molar-refractivity contribution in [2.24, 2.45) is 0 Å². The first-order valence-corrected chi connectivity index (χ1v) is 9.23. The lowest BCUT2D eigenvalue weighted by Crippen LogP contribution is -2.30. The summed E-state index contributed by atoms with van der Waals surface area (Å²) in [7, 11) is 1.66. The Labute approximate surface area is 161 Å². The smallest absolute Gasteiger partial charge is 0.223 e. The van der Waals surface area contributed by atoms with Crippen LogP contribution in [0.4, 0.5) is 0 Å². The first kappa shape index (κ1) is 18.7. The van der Waals surface area contributed by atoms with Crippen LogP contribution in [-0.4, -0.2) is 17.9 Å². The Morgan fingerprint density at radius 2 is 1.33 bits per heavy atom. The van der Waals surface area contributed by atoms with E-state index in [-0.39, 0.29) is 5.91 Å². The van der Waals surface area contributed by atoms with Crippen molar-refractivity contribution >= 4 is 5.91 Å². The fraction of sp³-hybridized carbons (Fsp3) is 0.208. The Hall–Kier alpha value is -3.07. The molecule has 3 aromatic carbocycles. The van der Waals surface area contributed by atoms with E-state index in [0.717, 1.165) is 22.4 Å². The molecule has 0 aromatic heterocycles. The molecule has 0 N–H and O–H groups in total. The quantitative estimate of drug-likeness (QED) is 0.575. The van der Waals surface area contributed by atoms with Crippen molar-refractivity contribution in [3.05, 3.63) is 102 Å². The van der Waals surface area contributed by atoms with Gasteiger partial charge in [0, 0.05) is 19.5 Å². The monoisotopic (exact) mass is 359 g/mol. The minimum absolute atomic E-state index is 0.158. The molecule has 0 aliphatic carbocycles. The molecule has 27 heavy (non-hydrogen) atoms. The van der Waals surface area contributed by atoms with E-state index in [1.807, 2.05) is 65.6 Å². The predicted molar refractivity (Wildman–Crippen MR) is 108 cm³/mol. The zero-order valence-electron chi connectivity index (χ0n) is 15.7. The molecule has 3 heteroatoms. The highest BCUT2D eigenvalue weighted by Gasteiger charge is 2.15. The van der Waals surface area contributed by atoms with Crippen molar-refractivity contribution in [3.8, 4) is 5.75 Å². The SMILES string of the molecule is COc1cccc(CCC(=O)N(Cc2ccccc2)Cc2ccccc2)c1. The largest absolute Gasteiger partial charge is 0.497 e. The molecule has 0 heterocycles. The van der Waals surface area contributed by atoms with Crippen LogP contribution in [0.2, 0.25) is 0 Å². The minimum atomic E-state index is 0.158. The van der Waals surface area contributed by atoms with Crippen LogP contribution in [0.25, 0.3) is 0 Å². The molecule has 0 unspecified atom stereocenters. The molecule has 138 valence electrons. The fourth-order valence-corrected chi connectivity index (χ4v) is 3.08. The molecule has 3 nitrogen and oxygen atoms in total. The van der Waals surface area contributed by atoms with Gasteiger partial charge in [0.1, 0.15) is 5.75 Å². The van der Waals surface area contributed by atoms with Gasteiger partial charge in [-0.25, -0.2) is 0 Å². The fourth-order valence-electron chi connectivity index (χ4n) is 3.08. The molecule has 0 saturated carbocycles. The highest BCUT2D eigenvalue weighted by Crippen LogP contribution is 2.16. The standard InChI is InChI=1S/C24H25NO2/c1-27-23-14-8-13-20(17-23)15-16-24(26)25(18-21-9-4-2-5-10-21)19-22-11-6-3-7-12-22/h2-14,17H,15-16,18-19H2,1H3. The summed E-state index contributed by atoms with van der Waals surface area (Å²) in [6.07, 6.45) is 1.18. The number of hydrogen-bond donors (Lipinski definition) is 0. The molecule has 0 saturated heterocycles. The number of carbonyl (C=O) groups excluding carboxylic acids is 1. The number of ether oxygens (including phenoxy) is 1. The lowest BCUT2D eigenvalue weighted by atomic mass is 10.1. The van der Waals surface area contributed by atoms with Gasteiger partial charge in [-0.05, 0) is 35.2 Å². The number of methoxy groups -OCH3 is 1. The van der Waals surface area contributed by atoms with Gasteiger partial charge in [-0.2, -0.15) is 0 Å². The molecule has 3 rings (SSSR count). The van der Waals surface area contributed by atoms with Gasteiger partial charge < -0.3 is 9.64 Å². The van der Waals surface area contributed by atoms with Crippen LogP contribution in [0.15, 0.2) is 84.9 Å². The Bertz CT molecular complexity index is 805. The molecule has 0 atom stereocenters. The topological polar surface area (TPSA) is 29.5 Å². The molecule has 0 radical (unpaired) electrons. The zero-order valence-corrected chi connectivity index (χ0v) is 15.7. The second-order valence-electron chi connectivity index (χ2n) is 6.57. The second kappa shape index (κ2) is 9.58. The van der Waals surface area contributed by atoms with Gasteiger partial charge in [0.25, 0.3) is 0 Å². The van der Waals surface area contributed by atoms with E-state index in [9.17, 15) is 4.79 Å². The lowest BCUT2D eigenvalue weighted by molar-refractivity contribution is -0.132. The Kier molecular flexibility index (Phi) is 6.64. The van der Waals surface area contributed by atoms with Crippen molar-refractivity contribution < 1.29 is 9.53 Å². The molecule has 3 aromatic rings. The third-order valence-electron chi connectivity index (χ3n) is 4.55. The van der Waals surface area contributed by atoms with E-state index in [4.69, 9.17) is 4.74 Å². The van der Waals surface area contributed by atoms with Crippen LogP contribution in [0.3, 0.4) is 0 Å². The highest BCUT2D eigenvalue weighted by molar-refractivity contribution is 5.76. The summed E-state index contributed by atoms with van der Waals surface area (Å²) >= 11 is 0. The van der Waals surface area contributed by atoms with E-state index in [1.165, 1.54) is 0 Å². The zero-order chi connectivity index (χ0) is 18.9. The third kappa shape index (κ3) is 5.71. The third-order valence-corrected chi connectivity index (χ3v) is 4.55. The number of nitrogens with zero attached hydrogens (tertiary/aromatic N) is 1. The summed E-state index contributed by atoms with van der Waals surface area (Å²) in [5.41, 5.74) is 3.40. The van der Waals surface area contributed by atoms with Crippen LogP contribution in [-0.2, 0) is 24.3 Å². The van der Waals surface area contributed by atoms with E-state index in [0.29, 0.717) is 25.9 Å². The van der Waals surface area contributed by atoms with Crippen molar-refractivity contribution in [1.29, 1.82) is 0 Å². The van der Waals surface area contributed by atoms with Crippen molar-refractivity contribution in [1.82, 2.24) is 4.90 Å². The first-order chi connectivity index (χ1) is 13.2. The summed E-state index contributed by atoms with van der Waals surface area (Å²) in [5, 5.41) is 0. The van der Waals surface area contributed by atoms with E-state index in [1.54, 1.807) is 7.11 Å². The Morgan fingerprint density at radius 3 is 1.89 bits per heavy atom. The number of hydrogen-bond acceptors (Lipinski definition) is 2. The van der Waals surface area contributed by atoms with Crippen molar-refractivity contribution in [2.75, 3.05) is 7.11 Å². The maximum atomic E-state index is 13.0. The number of benzene rings is 3. The summed E-state index contributed by atoms with van der Waals surface area (Å²) in [5.74, 6) is 0.982. The summed E-state index contributed by atoms with van der Waals surface area (Å²) < 4.78 is 5.27. The van der Waals surface area contributed by atoms with Crippen LogP contribution < -0.4 is 4.74 Å². The Balaban J connectivity index is 1.69. The van der Waals surface area contributed by atoms with Crippen LogP contribution in [0, 0.1) is 0 Å². The molecule has 0 bridgehead atoms. The predicted octanol–water partition coefficient (Wildman–Crippen LogP) is 4.86. The maximum Gasteiger partial charge on any atom is 0.223 e. The molecule has 0 spiro atoms. The van der Waals surface area contributed by atoms with Gasteiger partial charge in [-0.1, -0.05) is 72.8 Å². The van der Waals surface area contributed by atoms with E-state index >= 15 is 0 Å².